The van der Waals surface area contributed by atoms with Crippen molar-refractivity contribution >= 4 is 57.5 Å². The molecule has 0 radical (unpaired) electrons. The maximum Gasteiger partial charge on any atom is 0.266 e. The fraction of sp³-hybridized carbons (Fsp3) is 0.300. The van der Waals surface area contributed by atoms with Crippen molar-refractivity contribution in [1.82, 2.24) is 14.8 Å². The predicted molar refractivity (Wildman–Crippen MR) is 117 cm³/mol. The van der Waals surface area contributed by atoms with Gasteiger partial charge in [-0.05, 0) is 48.4 Å². The standard InChI is InChI=1S/C20H19N3O2S3/c24-18(22-9-2-1-7-16(22)14-5-3-8-21-12-14)13-23-19(25)17(28-20(23)26)11-15-6-4-10-27-15/h3-6,8,10-12,16H,1-2,7,9,13H2/b17-11+/t16-/m0/s1. The Morgan fingerprint density at radius 2 is 2.21 bits per heavy atom. The second-order valence-corrected chi connectivity index (χ2v) is 9.32. The number of likely N-dealkylation sites (tertiary alicyclic amines) is 1. The van der Waals surface area contributed by atoms with Crippen molar-refractivity contribution in [1.29, 1.82) is 0 Å². The first-order chi connectivity index (χ1) is 13.6. The summed E-state index contributed by atoms with van der Waals surface area (Å²) in [6.45, 7) is 0.682. The molecule has 2 saturated heterocycles. The van der Waals surface area contributed by atoms with Gasteiger partial charge in [0.1, 0.15) is 10.9 Å². The van der Waals surface area contributed by atoms with E-state index < -0.39 is 0 Å². The van der Waals surface area contributed by atoms with E-state index in [1.165, 1.54) is 16.7 Å². The molecule has 5 nitrogen and oxygen atoms in total. The predicted octanol–water partition coefficient (Wildman–Crippen LogP) is 4.10. The van der Waals surface area contributed by atoms with Crippen LogP contribution in [0.15, 0.2) is 46.9 Å². The fourth-order valence-electron chi connectivity index (χ4n) is 3.51. The smallest absolute Gasteiger partial charge is 0.266 e. The number of hydrogen-bond acceptors (Lipinski definition) is 6. The van der Waals surface area contributed by atoms with E-state index in [0.717, 1.165) is 29.7 Å². The number of hydrogen-bond donors (Lipinski definition) is 0. The average molecular weight is 430 g/mol. The molecular formula is C20H19N3O2S3. The first-order valence-electron chi connectivity index (χ1n) is 9.12. The summed E-state index contributed by atoms with van der Waals surface area (Å²) < 4.78 is 0.441. The van der Waals surface area contributed by atoms with E-state index in [4.69, 9.17) is 12.2 Å². The van der Waals surface area contributed by atoms with Gasteiger partial charge in [0.25, 0.3) is 5.91 Å². The molecule has 0 spiro atoms. The van der Waals surface area contributed by atoms with Crippen molar-refractivity contribution in [2.45, 2.75) is 25.3 Å². The normalized spacial score (nSPS) is 21.6. The highest BCUT2D eigenvalue weighted by Crippen LogP contribution is 2.35. The number of thiophene rings is 1. The van der Waals surface area contributed by atoms with Crippen LogP contribution in [0.2, 0.25) is 0 Å². The molecule has 0 N–H and O–H groups in total. The molecule has 0 aromatic carbocycles. The Kier molecular flexibility index (Phi) is 5.89. The molecule has 28 heavy (non-hydrogen) atoms. The molecule has 2 aliphatic rings. The summed E-state index contributed by atoms with van der Waals surface area (Å²) in [5, 5.41) is 1.96. The van der Waals surface area contributed by atoms with Crippen LogP contribution in [0.25, 0.3) is 6.08 Å². The zero-order chi connectivity index (χ0) is 19.5. The number of pyridine rings is 1. The molecule has 144 valence electrons. The first-order valence-corrected chi connectivity index (χ1v) is 11.2. The Morgan fingerprint density at radius 1 is 1.32 bits per heavy atom. The van der Waals surface area contributed by atoms with E-state index >= 15 is 0 Å². The third-order valence-corrected chi connectivity index (χ3v) is 7.07. The lowest BCUT2D eigenvalue weighted by atomic mass is 9.96. The van der Waals surface area contributed by atoms with Gasteiger partial charge in [-0.3, -0.25) is 19.5 Å². The van der Waals surface area contributed by atoms with Crippen LogP contribution in [0.3, 0.4) is 0 Å². The quantitative estimate of drug-likeness (QED) is 0.541. The van der Waals surface area contributed by atoms with E-state index in [0.29, 0.717) is 15.8 Å². The summed E-state index contributed by atoms with van der Waals surface area (Å²) in [6.07, 6.45) is 8.35. The van der Waals surface area contributed by atoms with Crippen LogP contribution in [0.1, 0.15) is 35.7 Å². The Labute approximate surface area is 177 Å². The molecule has 0 saturated carbocycles. The van der Waals surface area contributed by atoms with Crippen LogP contribution in [-0.2, 0) is 9.59 Å². The molecule has 0 bridgehead atoms. The summed E-state index contributed by atoms with van der Waals surface area (Å²) in [5.74, 6) is -0.256. The van der Waals surface area contributed by atoms with Crippen LogP contribution >= 0.6 is 35.3 Å². The summed E-state index contributed by atoms with van der Waals surface area (Å²) in [6, 6.07) is 7.80. The number of amides is 2. The Hall–Kier alpha value is -2.03. The van der Waals surface area contributed by atoms with Gasteiger partial charge < -0.3 is 4.90 Å². The molecule has 4 rings (SSSR count). The minimum atomic E-state index is -0.188. The van der Waals surface area contributed by atoms with Crippen molar-refractivity contribution in [3.05, 3.63) is 57.4 Å². The van der Waals surface area contributed by atoms with E-state index in [1.54, 1.807) is 17.5 Å². The van der Waals surface area contributed by atoms with Gasteiger partial charge in [0.15, 0.2) is 0 Å². The highest BCUT2D eigenvalue weighted by Gasteiger charge is 2.36. The van der Waals surface area contributed by atoms with Crippen molar-refractivity contribution in [2.24, 2.45) is 0 Å². The molecule has 8 heteroatoms. The Bertz CT molecular complexity index is 912. The van der Waals surface area contributed by atoms with Crippen LogP contribution in [-0.4, -0.2) is 44.0 Å². The maximum atomic E-state index is 13.1. The zero-order valence-corrected chi connectivity index (χ0v) is 17.6. The van der Waals surface area contributed by atoms with Gasteiger partial charge in [0.05, 0.1) is 10.9 Å². The molecule has 2 fully saturated rings. The minimum absolute atomic E-state index is 0.00927. The van der Waals surface area contributed by atoms with Gasteiger partial charge in [-0.15, -0.1) is 11.3 Å². The molecular weight excluding hydrogens is 410 g/mol. The van der Waals surface area contributed by atoms with Gasteiger partial charge in [-0.25, -0.2) is 0 Å². The first kappa shape index (κ1) is 19.3. The van der Waals surface area contributed by atoms with Crippen LogP contribution in [0, 0.1) is 0 Å². The van der Waals surface area contributed by atoms with Gasteiger partial charge >= 0.3 is 0 Å². The van der Waals surface area contributed by atoms with E-state index in [1.807, 2.05) is 46.8 Å². The number of thiocarbonyl (C=S) groups is 1. The Balaban J connectivity index is 1.49. The highest BCUT2D eigenvalue weighted by atomic mass is 32.2. The largest absolute Gasteiger partial charge is 0.334 e. The SMILES string of the molecule is O=C1/C(=C\c2cccs2)SC(=S)N1CC(=O)N1CCCC[C@H]1c1cccnc1. The van der Waals surface area contributed by atoms with Gasteiger partial charge in [-0.1, -0.05) is 36.1 Å². The molecule has 2 aliphatic heterocycles. The number of rotatable bonds is 4. The molecule has 0 unspecified atom stereocenters. The van der Waals surface area contributed by atoms with Crippen LogP contribution in [0.4, 0.5) is 0 Å². The number of carbonyl (C=O) groups excluding carboxylic acids is 2. The molecule has 2 amide bonds. The number of carbonyl (C=O) groups is 2. The summed E-state index contributed by atoms with van der Waals surface area (Å²) in [4.78, 5) is 34.9. The summed E-state index contributed by atoms with van der Waals surface area (Å²) in [7, 11) is 0. The topological polar surface area (TPSA) is 53.5 Å². The molecule has 1 atom stereocenters. The van der Waals surface area contributed by atoms with Crippen LogP contribution in [0.5, 0.6) is 0 Å². The summed E-state index contributed by atoms with van der Waals surface area (Å²) in [5.41, 5.74) is 1.04. The van der Waals surface area contributed by atoms with Crippen LogP contribution < -0.4 is 0 Å². The van der Waals surface area contributed by atoms with E-state index in [-0.39, 0.29) is 24.4 Å². The lowest BCUT2D eigenvalue weighted by molar-refractivity contribution is -0.138. The Morgan fingerprint density at radius 3 is 2.96 bits per heavy atom. The number of piperidine rings is 1. The maximum absolute atomic E-state index is 13.1. The molecule has 2 aromatic rings. The third-order valence-electron chi connectivity index (χ3n) is 4.88. The molecule has 0 aliphatic carbocycles. The molecule has 2 aromatic heterocycles. The zero-order valence-electron chi connectivity index (χ0n) is 15.1. The van der Waals surface area contributed by atoms with Gasteiger partial charge in [0.2, 0.25) is 5.91 Å². The number of thioether (sulfide) groups is 1. The lowest BCUT2D eigenvalue weighted by Gasteiger charge is -2.36. The van der Waals surface area contributed by atoms with Gasteiger partial charge in [0, 0.05) is 23.8 Å². The van der Waals surface area contributed by atoms with Crippen molar-refractivity contribution in [3.8, 4) is 0 Å². The van der Waals surface area contributed by atoms with Crippen molar-refractivity contribution in [3.63, 3.8) is 0 Å². The third kappa shape index (κ3) is 4.04. The van der Waals surface area contributed by atoms with E-state index in [9.17, 15) is 9.59 Å². The summed E-state index contributed by atoms with van der Waals surface area (Å²) >= 11 is 8.21. The monoisotopic (exact) mass is 429 g/mol. The second-order valence-electron chi connectivity index (χ2n) is 6.67. The number of aromatic nitrogens is 1. The van der Waals surface area contributed by atoms with Crippen molar-refractivity contribution in [2.75, 3.05) is 13.1 Å². The van der Waals surface area contributed by atoms with E-state index in [2.05, 4.69) is 4.98 Å². The second kappa shape index (κ2) is 8.55. The molecule has 4 heterocycles. The highest BCUT2D eigenvalue weighted by molar-refractivity contribution is 8.26. The minimum Gasteiger partial charge on any atom is -0.334 e. The average Bonchev–Trinajstić information content (AvgIpc) is 3.33. The number of nitrogens with zero attached hydrogens (tertiary/aromatic N) is 3. The lowest BCUT2D eigenvalue weighted by Crippen LogP contribution is -2.45. The van der Waals surface area contributed by atoms with Crippen molar-refractivity contribution < 1.29 is 9.59 Å². The fourth-order valence-corrected chi connectivity index (χ4v) is 5.49. The van der Waals surface area contributed by atoms with Gasteiger partial charge in [-0.2, -0.15) is 0 Å².